The van der Waals surface area contributed by atoms with Gasteiger partial charge in [-0.25, -0.2) is 4.98 Å². The summed E-state index contributed by atoms with van der Waals surface area (Å²) in [5.41, 5.74) is 1.13. The van der Waals surface area contributed by atoms with Crippen molar-refractivity contribution >= 4 is 17.3 Å². The molecule has 0 aliphatic heterocycles. The molecule has 1 fully saturated rings. The third-order valence-corrected chi connectivity index (χ3v) is 5.58. The van der Waals surface area contributed by atoms with E-state index in [0.717, 1.165) is 50.6 Å². The monoisotopic (exact) mass is 366 g/mol. The Labute approximate surface area is 156 Å². The first-order valence-corrected chi connectivity index (χ1v) is 10.6. The van der Waals surface area contributed by atoms with Crippen LogP contribution >= 0.6 is 11.3 Å². The summed E-state index contributed by atoms with van der Waals surface area (Å²) in [4.78, 5) is 8.78. The van der Waals surface area contributed by atoms with Crippen LogP contribution in [0.3, 0.4) is 0 Å². The Morgan fingerprint density at radius 2 is 1.96 bits per heavy atom. The maximum Gasteiger partial charge on any atom is 0.191 e. The first-order chi connectivity index (χ1) is 12.3. The topological polar surface area (TPSA) is 58.5 Å². The molecule has 0 spiro atoms. The fourth-order valence-corrected chi connectivity index (χ4v) is 3.97. The molecule has 142 valence electrons. The zero-order valence-electron chi connectivity index (χ0n) is 15.9. The van der Waals surface area contributed by atoms with Crippen LogP contribution in [0.2, 0.25) is 0 Å². The summed E-state index contributed by atoms with van der Waals surface area (Å²) >= 11 is 1.76. The molecule has 0 unspecified atom stereocenters. The molecule has 0 amide bonds. The van der Waals surface area contributed by atoms with Crippen LogP contribution in [0, 0.1) is 6.92 Å². The molecule has 0 saturated heterocycles. The van der Waals surface area contributed by atoms with E-state index >= 15 is 0 Å². The largest absolute Gasteiger partial charge is 0.376 e. The van der Waals surface area contributed by atoms with Crippen molar-refractivity contribution in [3.8, 4) is 0 Å². The Kier molecular flexibility index (Phi) is 9.89. The fraction of sp³-hybridized carbons (Fsp3) is 0.789. The van der Waals surface area contributed by atoms with E-state index in [1.807, 2.05) is 7.05 Å². The Morgan fingerprint density at radius 1 is 1.20 bits per heavy atom. The maximum absolute atomic E-state index is 6.00. The van der Waals surface area contributed by atoms with Gasteiger partial charge in [0.2, 0.25) is 0 Å². The summed E-state index contributed by atoms with van der Waals surface area (Å²) in [7, 11) is 1.82. The molecule has 6 heteroatoms. The average Bonchev–Trinajstić information content (AvgIpc) is 2.86. The number of thiazole rings is 1. The number of guanidine groups is 1. The highest BCUT2D eigenvalue weighted by Gasteiger charge is 2.12. The van der Waals surface area contributed by atoms with Crippen LogP contribution in [0.5, 0.6) is 0 Å². The molecule has 1 aromatic rings. The lowest BCUT2D eigenvalue weighted by Gasteiger charge is -2.16. The second-order valence-corrected chi connectivity index (χ2v) is 7.69. The lowest BCUT2D eigenvalue weighted by atomic mass is 10.1. The van der Waals surface area contributed by atoms with E-state index in [4.69, 9.17) is 4.74 Å². The van der Waals surface area contributed by atoms with E-state index in [9.17, 15) is 0 Å². The summed E-state index contributed by atoms with van der Waals surface area (Å²) < 4.78 is 6.00. The molecule has 0 radical (unpaired) electrons. The summed E-state index contributed by atoms with van der Waals surface area (Å²) in [6.45, 7) is 4.56. The second-order valence-electron chi connectivity index (χ2n) is 6.75. The molecular weight excluding hydrogens is 332 g/mol. The Morgan fingerprint density at radius 3 is 2.64 bits per heavy atom. The molecule has 2 rings (SSSR count). The normalized spacial score (nSPS) is 16.6. The third-order valence-electron chi connectivity index (χ3n) is 4.55. The first kappa shape index (κ1) is 20.2. The van der Waals surface area contributed by atoms with Gasteiger partial charge in [-0.05, 0) is 39.0 Å². The van der Waals surface area contributed by atoms with Gasteiger partial charge in [0.1, 0.15) is 0 Å². The van der Waals surface area contributed by atoms with Gasteiger partial charge >= 0.3 is 0 Å². The minimum atomic E-state index is 0.466. The number of aryl methyl sites for hydroxylation is 2. The second kappa shape index (κ2) is 12.3. The molecule has 0 atom stereocenters. The number of aliphatic imine (C=N–C) groups is 1. The van der Waals surface area contributed by atoms with Crippen molar-refractivity contribution < 1.29 is 4.74 Å². The number of aromatic nitrogens is 1. The van der Waals surface area contributed by atoms with Gasteiger partial charge in [-0.15, -0.1) is 11.3 Å². The SMILES string of the molecule is CN=C(NCCCCc1nc(C)cs1)NCCOC1CCCCCC1. The van der Waals surface area contributed by atoms with Crippen molar-refractivity contribution in [2.24, 2.45) is 4.99 Å². The van der Waals surface area contributed by atoms with Crippen LogP contribution in [-0.4, -0.2) is 43.8 Å². The predicted octanol–water partition coefficient (Wildman–Crippen LogP) is 3.68. The summed E-state index contributed by atoms with van der Waals surface area (Å²) in [5, 5.41) is 10.1. The number of nitrogens with one attached hydrogen (secondary N) is 2. The number of nitrogens with zero attached hydrogens (tertiary/aromatic N) is 2. The standard InChI is InChI=1S/C19H34N4OS/c1-16-15-25-18(23-16)11-7-8-12-21-19(20-2)22-13-14-24-17-9-5-3-4-6-10-17/h15,17H,3-14H2,1-2H3,(H2,20,21,22). The van der Waals surface area contributed by atoms with Gasteiger partial charge in [0.15, 0.2) is 5.96 Å². The molecule has 1 aliphatic carbocycles. The van der Waals surface area contributed by atoms with E-state index in [1.54, 1.807) is 11.3 Å². The lowest BCUT2D eigenvalue weighted by Crippen LogP contribution is -2.39. The van der Waals surface area contributed by atoms with Crippen LogP contribution in [0.15, 0.2) is 10.4 Å². The van der Waals surface area contributed by atoms with Crippen molar-refractivity contribution in [2.45, 2.75) is 70.8 Å². The molecule has 1 aliphatic rings. The smallest absolute Gasteiger partial charge is 0.191 e. The third kappa shape index (κ3) is 8.68. The predicted molar refractivity (Wildman–Crippen MR) is 107 cm³/mol. The molecule has 0 bridgehead atoms. The quantitative estimate of drug-likeness (QED) is 0.303. The van der Waals surface area contributed by atoms with E-state index in [0.29, 0.717) is 6.10 Å². The van der Waals surface area contributed by atoms with Gasteiger partial charge in [0.25, 0.3) is 0 Å². The average molecular weight is 367 g/mol. The van der Waals surface area contributed by atoms with Gasteiger partial charge < -0.3 is 15.4 Å². The van der Waals surface area contributed by atoms with E-state index in [1.165, 1.54) is 43.5 Å². The summed E-state index contributed by atoms with van der Waals surface area (Å²) in [6, 6.07) is 0. The highest BCUT2D eigenvalue weighted by molar-refractivity contribution is 7.09. The van der Waals surface area contributed by atoms with Crippen LogP contribution in [0.25, 0.3) is 0 Å². The van der Waals surface area contributed by atoms with E-state index < -0.39 is 0 Å². The number of hydrogen-bond donors (Lipinski definition) is 2. The molecule has 1 saturated carbocycles. The van der Waals surface area contributed by atoms with Crippen molar-refractivity contribution in [3.63, 3.8) is 0 Å². The molecule has 2 N–H and O–H groups in total. The van der Waals surface area contributed by atoms with Gasteiger partial charge in [-0.1, -0.05) is 25.7 Å². The zero-order valence-corrected chi connectivity index (χ0v) is 16.7. The highest BCUT2D eigenvalue weighted by atomic mass is 32.1. The molecule has 1 aromatic heterocycles. The minimum absolute atomic E-state index is 0.466. The van der Waals surface area contributed by atoms with Crippen LogP contribution in [-0.2, 0) is 11.2 Å². The molecule has 5 nitrogen and oxygen atoms in total. The lowest BCUT2D eigenvalue weighted by molar-refractivity contribution is 0.0468. The van der Waals surface area contributed by atoms with Gasteiger partial charge in [-0.3, -0.25) is 4.99 Å². The zero-order chi connectivity index (χ0) is 17.7. The Balaban J connectivity index is 1.48. The molecular formula is C19H34N4OS. The molecule has 0 aromatic carbocycles. The van der Waals surface area contributed by atoms with E-state index in [-0.39, 0.29) is 0 Å². The minimum Gasteiger partial charge on any atom is -0.376 e. The van der Waals surface area contributed by atoms with Crippen molar-refractivity contribution in [1.29, 1.82) is 0 Å². The Hall–Kier alpha value is -1.14. The fourth-order valence-electron chi connectivity index (χ4n) is 3.15. The van der Waals surface area contributed by atoms with E-state index in [2.05, 4.69) is 32.9 Å². The van der Waals surface area contributed by atoms with Gasteiger partial charge in [0, 0.05) is 31.2 Å². The Bertz CT molecular complexity index is 495. The van der Waals surface area contributed by atoms with Crippen molar-refractivity contribution in [2.75, 3.05) is 26.7 Å². The van der Waals surface area contributed by atoms with Crippen molar-refractivity contribution in [3.05, 3.63) is 16.1 Å². The summed E-state index contributed by atoms with van der Waals surface area (Å²) in [5.74, 6) is 0.870. The first-order valence-electron chi connectivity index (χ1n) is 9.75. The number of rotatable bonds is 9. The number of unbranched alkanes of at least 4 members (excludes halogenated alkanes) is 1. The molecule has 1 heterocycles. The van der Waals surface area contributed by atoms with Crippen molar-refractivity contribution in [1.82, 2.24) is 15.6 Å². The highest BCUT2D eigenvalue weighted by Crippen LogP contribution is 2.19. The van der Waals surface area contributed by atoms with Gasteiger partial charge in [-0.2, -0.15) is 0 Å². The molecule has 25 heavy (non-hydrogen) atoms. The number of hydrogen-bond acceptors (Lipinski definition) is 4. The maximum atomic E-state index is 6.00. The van der Waals surface area contributed by atoms with Gasteiger partial charge in [0.05, 0.1) is 17.7 Å². The summed E-state index contributed by atoms with van der Waals surface area (Å²) in [6.07, 6.45) is 11.7. The van der Waals surface area contributed by atoms with Crippen LogP contribution in [0.1, 0.15) is 62.1 Å². The number of ether oxygens (including phenoxy) is 1. The van der Waals surface area contributed by atoms with Crippen LogP contribution < -0.4 is 10.6 Å². The van der Waals surface area contributed by atoms with Crippen LogP contribution in [0.4, 0.5) is 0 Å².